The van der Waals surface area contributed by atoms with Gasteiger partial charge in [-0.3, -0.25) is 9.67 Å². The number of nitrogens with zero attached hydrogens (tertiary/aromatic N) is 4. The van der Waals surface area contributed by atoms with Crippen LogP contribution in [0, 0.1) is 4.77 Å². The van der Waals surface area contributed by atoms with E-state index in [1.54, 1.807) is 10.6 Å². The molecule has 3 aromatic rings. The molecule has 34 heavy (non-hydrogen) atoms. The molecular formula is C23H27F3N6OS. The van der Waals surface area contributed by atoms with E-state index in [1.807, 2.05) is 24.3 Å². The van der Waals surface area contributed by atoms with Crippen molar-refractivity contribution in [2.75, 3.05) is 11.9 Å². The maximum Gasteiger partial charge on any atom is 0.410 e. The van der Waals surface area contributed by atoms with Gasteiger partial charge in [0.1, 0.15) is 11.5 Å². The molecule has 2 N–H and O–H groups in total. The SMILES string of the molecule is CC(C)c1ccc(C2CC(C(F)(F)F)n3nc(-c4n[nH]c(=S)n4CC4CCCO4)cc3N2)cc1. The number of benzene rings is 1. The zero-order valence-electron chi connectivity index (χ0n) is 19.0. The van der Waals surface area contributed by atoms with Crippen LogP contribution in [0.1, 0.15) is 62.2 Å². The van der Waals surface area contributed by atoms with Crippen LogP contribution < -0.4 is 5.32 Å². The van der Waals surface area contributed by atoms with Gasteiger partial charge in [0, 0.05) is 19.1 Å². The van der Waals surface area contributed by atoms with E-state index in [2.05, 4.69) is 34.5 Å². The lowest BCUT2D eigenvalue weighted by Crippen LogP contribution is -2.35. The molecule has 3 unspecified atom stereocenters. The minimum Gasteiger partial charge on any atom is -0.376 e. The Kier molecular flexibility index (Phi) is 6.01. The molecule has 11 heteroatoms. The second-order valence-electron chi connectivity index (χ2n) is 9.27. The highest BCUT2D eigenvalue weighted by Gasteiger charge is 2.46. The number of aromatic amines is 1. The summed E-state index contributed by atoms with van der Waals surface area (Å²) in [7, 11) is 0. The molecule has 5 rings (SSSR count). The average Bonchev–Trinajstić information content (AvgIpc) is 3.53. The van der Waals surface area contributed by atoms with Crippen molar-refractivity contribution < 1.29 is 17.9 Å². The molecule has 1 fully saturated rings. The third kappa shape index (κ3) is 4.38. The van der Waals surface area contributed by atoms with Crippen molar-refractivity contribution in [3.8, 4) is 11.5 Å². The quantitative estimate of drug-likeness (QED) is 0.443. The van der Waals surface area contributed by atoms with Gasteiger partial charge in [-0.15, -0.1) is 0 Å². The molecule has 4 heterocycles. The smallest absolute Gasteiger partial charge is 0.376 e. The molecule has 2 aliphatic rings. The van der Waals surface area contributed by atoms with E-state index >= 15 is 0 Å². The molecular weight excluding hydrogens is 465 g/mol. The molecule has 0 amide bonds. The Morgan fingerprint density at radius 1 is 1.24 bits per heavy atom. The van der Waals surface area contributed by atoms with E-state index in [0.29, 0.717) is 41.2 Å². The predicted octanol–water partition coefficient (Wildman–Crippen LogP) is 5.77. The second-order valence-corrected chi connectivity index (χ2v) is 9.66. The van der Waals surface area contributed by atoms with Crippen molar-refractivity contribution in [3.05, 3.63) is 46.2 Å². The van der Waals surface area contributed by atoms with Crippen LogP contribution in [-0.4, -0.2) is 43.4 Å². The summed E-state index contributed by atoms with van der Waals surface area (Å²) in [6, 6.07) is 7.14. The summed E-state index contributed by atoms with van der Waals surface area (Å²) in [5, 5.41) is 14.6. The number of anilines is 1. The molecule has 7 nitrogen and oxygen atoms in total. The summed E-state index contributed by atoms with van der Waals surface area (Å²) in [4.78, 5) is 0. The molecule has 1 aromatic carbocycles. The highest BCUT2D eigenvalue weighted by atomic mass is 32.1. The first-order valence-electron chi connectivity index (χ1n) is 11.5. The topological polar surface area (TPSA) is 72.7 Å². The number of ether oxygens (including phenoxy) is 1. The summed E-state index contributed by atoms with van der Waals surface area (Å²) in [6.45, 7) is 5.35. The van der Waals surface area contributed by atoms with E-state index < -0.39 is 18.3 Å². The predicted molar refractivity (Wildman–Crippen MR) is 124 cm³/mol. The summed E-state index contributed by atoms with van der Waals surface area (Å²) < 4.78 is 51.2. The fourth-order valence-corrected chi connectivity index (χ4v) is 4.90. The lowest BCUT2D eigenvalue weighted by molar-refractivity contribution is -0.173. The number of H-pyrrole nitrogens is 1. The number of aromatic nitrogens is 5. The van der Waals surface area contributed by atoms with Crippen LogP contribution >= 0.6 is 12.2 Å². The van der Waals surface area contributed by atoms with Gasteiger partial charge in [-0.1, -0.05) is 38.1 Å². The Morgan fingerprint density at radius 3 is 2.65 bits per heavy atom. The van der Waals surface area contributed by atoms with Gasteiger partial charge in [-0.25, -0.2) is 4.68 Å². The standard InChI is InChI=1S/C23H27F3N6OS/c1-13(2)14-5-7-15(8-6-14)17-10-19(23(24,25)26)32-20(27-17)11-18(30-32)21-28-29-22(34)31(21)12-16-4-3-9-33-16/h5-8,11,13,16-17,19,27H,3-4,9-10,12H2,1-2H3,(H,29,34). The monoisotopic (exact) mass is 492 g/mol. The van der Waals surface area contributed by atoms with Gasteiger partial charge in [0.15, 0.2) is 16.6 Å². The molecule has 0 spiro atoms. The van der Waals surface area contributed by atoms with Crippen LogP contribution in [0.25, 0.3) is 11.5 Å². The van der Waals surface area contributed by atoms with Crippen molar-refractivity contribution in [3.63, 3.8) is 0 Å². The first kappa shape index (κ1) is 23.1. The van der Waals surface area contributed by atoms with Crippen molar-refractivity contribution >= 4 is 18.0 Å². The molecule has 3 atom stereocenters. The minimum absolute atomic E-state index is 0.000436. The number of rotatable bonds is 5. The van der Waals surface area contributed by atoms with E-state index in [-0.39, 0.29) is 12.5 Å². The van der Waals surface area contributed by atoms with Gasteiger partial charge in [0.05, 0.1) is 18.7 Å². The van der Waals surface area contributed by atoms with Crippen molar-refractivity contribution in [1.82, 2.24) is 24.5 Å². The van der Waals surface area contributed by atoms with Gasteiger partial charge in [-0.05, 0) is 42.1 Å². The molecule has 182 valence electrons. The molecule has 2 aromatic heterocycles. The number of hydrogen-bond acceptors (Lipinski definition) is 5. The largest absolute Gasteiger partial charge is 0.410 e. The van der Waals surface area contributed by atoms with Crippen LogP contribution in [0.4, 0.5) is 19.0 Å². The number of nitrogens with one attached hydrogen (secondary N) is 2. The number of fused-ring (bicyclic) bond motifs is 1. The van der Waals surface area contributed by atoms with Gasteiger partial charge in [0.2, 0.25) is 0 Å². The first-order valence-corrected chi connectivity index (χ1v) is 11.9. The van der Waals surface area contributed by atoms with E-state index in [9.17, 15) is 13.2 Å². The molecule has 0 radical (unpaired) electrons. The lowest BCUT2D eigenvalue weighted by Gasteiger charge is -2.33. The van der Waals surface area contributed by atoms with E-state index in [4.69, 9.17) is 17.0 Å². The Balaban J connectivity index is 1.49. The summed E-state index contributed by atoms with van der Waals surface area (Å²) in [6.07, 6.45) is -2.72. The Bertz CT molecular complexity index is 1210. The number of hydrogen-bond donors (Lipinski definition) is 2. The minimum atomic E-state index is -4.45. The average molecular weight is 493 g/mol. The van der Waals surface area contributed by atoms with Crippen LogP contribution in [0.5, 0.6) is 0 Å². The first-order chi connectivity index (χ1) is 16.2. The van der Waals surface area contributed by atoms with E-state index in [1.165, 1.54) is 0 Å². The Labute approximate surface area is 200 Å². The molecule has 2 aliphatic heterocycles. The number of halogens is 3. The van der Waals surface area contributed by atoms with Crippen molar-refractivity contribution in [1.29, 1.82) is 0 Å². The lowest BCUT2D eigenvalue weighted by atomic mass is 9.94. The van der Waals surface area contributed by atoms with Gasteiger partial charge >= 0.3 is 6.18 Å². The molecule has 0 bridgehead atoms. The third-order valence-electron chi connectivity index (χ3n) is 6.59. The maximum atomic E-state index is 14.1. The summed E-state index contributed by atoms with van der Waals surface area (Å²) in [5.41, 5.74) is 2.29. The molecule has 0 aliphatic carbocycles. The molecule has 1 saturated heterocycles. The summed E-state index contributed by atoms with van der Waals surface area (Å²) >= 11 is 5.37. The van der Waals surface area contributed by atoms with Gasteiger partial charge in [-0.2, -0.15) is 23.4 Å². The van der Waals surface area contributed by atoms with Crippen molar-refractivity contribution in [2.24, 2.45) is 0 Å². The molecule has 0 saturated carbocycles. The van der Waals surface area contributed by atoms with Crippen LogP contribution in [-0.2, 0) is 11.3 Å². The second kappa shape index (κ2) is 8.84. The highest BCUT2D eigenvalue weighted by molar-refractivity contribution is 7.71. The zero-order valence-corrected chi connectivity index (χ0v) is 19.8. The van der Waals surface area contributed by atoms with Gasteiger partial charge < -0.3 is 10.1 Å². The maximum absolute atomic E-state index is 14.1. The van der Waals surface area contributed by atoms with Crippen LogP contribution in [0.15, 0.2) is 30.3 Å². The Hall–Kier alpha value is -2.66. The fourth-order valence-electron chi connectivity index (χ4n) is 4.69. The Morgan fingerprint density at radius 2 is 2.00 bits per heavy atom. The zero-order chi connectivity index (χ0) is 24.0. The fraction of sp³-hybridized carbons (Fsp3) is 0.522. The highest BCUT2D eigenvalue weighted by Crippen LogP contribution is 2.44. The van der Waals surface area contributed by atoms with Gasteiger partial charge in [0.25, 0.3) is 0 Å². The third-order valence-corrected chi connectivity index (χ3v) is 6.90. The normalized spacial score (nSPS) is 22.7. The van der Waals surface area contributed by atoms with Crippen LogP contribution in [0.3, 0.4) is 0 Å². The summed E-state index contributed by atoms with van der Waals surface area (Å²) in [5.74, 6) is 1.06. The van der Waals surface area contributed by atoms with Crippen LogP contribution in [0.2, 0.25) is 0 Å². The van der Waals surface area contributed by atoms with Crippen molar-refractivity contribution in [2.45, 2.75) is 69.9 Å². The van der Waals surface area contributed by atoms with E-state index in [0.717, 1.165) is 28.7 Å². The number of alkyl halides is 3.